The number of hydrogen-bond donors (Lipinski definition) is 2. The predicted molar refractivity (Wildman–Crippen MR) is 44.0 cm³/mol. The monoisotopic (exact) mass is 204 g/mol. The summed E-state index contributed by atoms with van der Waals surface area (Å²) in [6.07, 6.45) is -1.98. The molecule has 1 aromatic heterocycles. The number of alkyl halides is 3. The van der Waals surface area contributed by atoms with Gasteiger partial charge in [0.15, 0.2) is 5.82 Å². The summed E-state index contributed by atoms with van der Waals surface area (Å²) in [5.74, 6) is 0.512. The Balaban J connectivity index is 2.41. The first kappa shape index (κ1) is 8.92. The van der Waals surface area contributed by atoms with E-state index in [-0.39, 0.29) is 5.69 Å². The number of nitrogens with one attached hydrogen (secondary N) is 2. The van der Waals surface area contributed by atoms with Crippen LogP contribution in [0.1, 0.15) is 5.69 Å². The first-order valence-electron chi connectivity index (χ1n) is 3.81. The van der Waals surface area contributed by atoms with Crippen molar-refractivity contribution in [2.24, 2.45) is 7.05 Å². The van der Waals surface area contributed by atoms with Crippen molar-refractivity contribution in [1.29, 1.82) is 0 Å². The van der Waals surface area contributed by atoms with Gasteiger partial charge in [0.25, 0.3) is 0 Å². The number of aromatic nitrogens is 2. The van der Waals surface area contributed by atoms with E-state index in [0.29, 0.717) is 5.82 Å². The normalized spacial score (nSPS) is 15.3. The summed E-state index contributed by atoms with van der Waals surface area (Å²) in [4.78, 5) is 3.80. The standard InChI is InChI=1S/C7H7F3N4/c1-14-3-11-4-2-5(7(8,9)10)12-13-6(4)14/h2-3,12-13H,1H3. The molecule has 0 saturated carbocycles. The molecule has 4 nitrogen and oxygen atoms in total. The molecule has 0 saturated heterocycles. The average Bonchev–Trinajstić information content (AvgIpc) is 2.46. The van der Waals surface area contributed by atoms with Crippen LogP contribution in [0.3, 0.4) is 0 Å². The lowest BCUT2D eigenvalue weighted by Gasteiger charge is -2.19. The third-order valence-electron chi connectivity index (χ3n) is 1.87. The Morgan fingerprint density at radius 2 is 2.07 bits per heavy atom. The van der Waals surface area contributed by atoms with Gasteiger partial charge in [0, 0.05) is 7.05 Å². The van der Waals surface area contributed by atoms with E-state index in [1.54, 1.807) is 11.6 Å². The maximum atomic E-state index is 12.2. The quantitative estimate of drug-likeness (QED) is 0.668. The zero-order chi connectivity index (χ0) is 10.3. The van der Waals surface area contributed by atoms with Gasteiger partial charge in [0.1, 0.15) is 11.4 Å². The smallest absolute Gasteiger partial charge is 0.319 e. The molecule has 1 aliphatic heterocycles. The van der Waals surface area contributed by atoms with Crippen molar-refractivity contribution in [2.45, 2.75) is 6.18 Å². The number of hydrazine groups is 1. The number of aryl methyl sites for hydroxylation is 1. The molecule has 7 heteroatoms. The van der Waals surface area contributed by atoms with Crippen molar-refractivity contribution in [2.75, 3.05) is 5.43 Å². The molecule has 0 radical (unpaired) electrons. The van der Waals surface area contributed by atoms with Gasteiger partial charge < -0.3 is 4.57 Å². The minimum Gasteiger partial charge on any atom is -0.319 e. The molecule has 2 rings (SSSR count). The van der Waals surface area contributed by atoms with E-state index >= 15 is 0 Å². The maximum absolute atomic E-state index is 12.2. The van der Waals surface area contributed by atoms with Gasteiger partial charge in [-0.05, 0) is 6.08 Å². The predicted octanol–water partition coefficient (Wildman–Crippen LogP) is 1.25. The second kappa shape index (κ2) is 2.66. The number of rotatable bonds is 0. The SMILES string of the molecule is Cn1cnc2c1NNC(C(F)(F)F)=C2. The third kappa shape index (κ3) is 1.30. The maximum Gasteiger partial charge on any atom is 0.432 e. The van der Waals surface area contributed by atoms with Crippen LogP contribution in [0.5, 0.6) is 0 Å². The van der Waals surface area contributed by atoms with E-state index in [4.69, 9.17) is 0 Å². The molecule has 0 aliphatic carbocycles. The molecule has 2 heterocycles. The lowest BCUT2D eigenvalue weighted by atomic mass is 10.3. The number of imidazole rings is 1. The Morgan fingerprint density at radius 3 is 2.71 bits per heavy atom. The van der Waals surface area contributed by atoms with Crippen molar-refractivity contribution in [3.05, 3.63) is 17.7 Å². The average molecular weight is 204 g/mol. The molecular weight excluding hydrogens is 197 g/mol. The highest BCUT2D eigenvalue weighted by Gasteiger charge is 2.36. The van der Waals surface area contributed by atoms with E-state index in [1.165, 1.54) is 6.33 Å². The lowest BCUT2D eigenvalue weighted by molar-refractivity contribution is -0.0951. The van der Waals surface area contributed by atoms with Gasteiger partial charge >= 0.3 is 6.18 Å². The Hall–Kier alpha value is -1.66. The van der Waals surface area contributed by atoms with Gasteiger partial charge in [-0.3, -0.25) is 10.9 Å². The number of halogens is 3. The molecule has 0 amide bonds. The molecule has 0 unspecified atom stereocenters. The lowest BCUT2D eigenvalue weighted by Crippen LogP contribution is -2.33. The fourth-order valence-corrected chi connectivity index (χ4v) is 1.16. The Bertz CT molecular complexity index is 390. The highest BCUT2D eigenvalue weighted by molar-refractivity contribution is 5.65. The van der Waals surface area contributed by atoms with Crippen molar-refractivity contribution in [3.8, 4) is 0 Å². The molecule has 1 aliphatic rings. The summed E-state index contributed by atoms with van der Waals surface area (Å²) in [6, 6.07) is 0. The van der Waals surface area contributed by atoms with Crippen LogP contribution in [-0.4, -0.2) is 15.7 Å². The van der Waals surface area contributed by atoms with Crippen molar-refractivity contribution in [3.63, 3.8) is 0 Å². The minimum absolute atomic E-state index is 0.276. The van der Waals surface area contributed by atoms with Crippen LogP contribution in [0, 0.1) is 0 Å². The van der Waals surface area contributed by atoms with E-state index in [0.717, 1.165) is 6.08 Å². The van der Waals surface area contributed by atoms with E-state index in [2.05, 4.69) is 15.8 Å². The second-order valence-corrected chi connectivity index (χ2v) is 2.90. The third-order valence-corrected chi connectivity index (χ3v) is 1.87. The highest BCUT2D eigenvalue weighted by Crippen LogP contribution is 2.29. The minimum atomic E-state index is -4.39. The van der Waals surface area contributed by atoms with Gasteiger partial charge in [-0.15, -0.1) is 0 Å². The van der Waals surface area contributed by atoms with Gasteiger partial charge in [-0.1, -0.05) is 0 Å². The Kier molecular flexibility index (Phi) is 1.70. The van der Waals surface area contributed by atoms with Crippen molar-refractivity contribution in [1.82, 2.24) is 15.0 Å². The van der Waals surface area contributed by atoms with E-state index in [1.807, 2.05) is 0 Å². The van der Waals surface area contributed by atoms with Crippen LogP contribution >= 0.6 is 0 Å². The number of fused-ring (bicyclic) bond motifs is 1. The zero-order valence-corrected chi connectivity index (χ0v) is 7.18. The largest absolute Gasteiger partial charge is 0.432 e. The van der Waals surface area contributed by atoms with Crippen molar-refractivity contribution >= 4 is 11.9 Å². The van der Waals surface area contributed by atoms with Crippen LogP contribution in [0.15, 0.2) is 12.0 Å². The van der Waals surface area contributed by atoms with Gasteiger partial charge in [0.05, 0.1) is 6.33 Å². The first-order valence-corrected chi connectivity index (χ1v) is 3.81. The van der Waals surface area contributed by atoms with Crippen molar-refractivity contribution < 1.29 is 13.2 Å². The molecule has 14 heavy (non-hydrogen) atoms. The molecule has 2 N–H and O–H groups in total. The molecule has 0 bridgehead atoms. The number of nitrogens with zero attached hydrogens (tertiary/aromatic N) is 2. The fraction of sp³-hybridized carbons (Fsp3) is 0.286. The highest BCUT2D eigenvalue weighted by atomic mass is 19.4. The Morgan fingerprint density at radius 1 is 1.36 bits per heavy atom. The number of hydrogen-bond acceptors (Lipinski definition) is 3. The molecule has 1 aromatic rings. The molecule has 0 aromatic carbocycles. The topological polar surface area (TPSA) is 41.9 Å². The van der Waals surface area contributed by atoms with Crippen LogP contribution in [-0.2, 0) is 7.05 Å². The first-order chi connectivity index (χ1) is 6.48. The van der Waals surface area contributed by atoms with Crippen LogP contribution in [0.25, 0.3) is 6.08 Å². The Labute approximate surface area is 77.4 Å². The summed E-state index contributed by atoms with van der Waals surface area (Å²) >= 11 is 0. The molecule has 0 spiro atoms. The molecule has 0 fully saturated rings. The molecule has 76 valence electrons. The van der Waals surface area contributed by atoms with E-state index in [9.17, 15) is 13.2 Å². The molecule has 0 atom stereocenters. The second-order valence-electron chi connectivity index (χ2n) is 2.90. The summed E-state index contributed by atoms with van der Waals surface area (Å²) in [5, 5.41) is 0. The summed E-state index contributed by atoms with van der Waals surface area (Å²) in [7, 11) is 1.69. The zero-order valence-electron chi connectivity index (χ0n) is 7.18. The van der Waals surface area contributed by atoms with Crippen LogP contribution in [0.4, 0.5) is 19.0 Å². The molecular formula is C7H7F3N4. The van der Waals surface area contributed by atoms with E-state index < -0.39 is 11.9 Å². The van der Waals surface area contributed by atoms with Gasteiger partial charge in [-0.25, -0.2) is 4.98 Å². The van der Waals surface area contributed by atoms with Crippen LogP contribution in [0.2, 0.25) is 0 Å². The van der Waals surface area contributed by atoms with Gasteiger partial charge in [-0.2, -0.15) is 13.2 Å². The summed E-state index contributed by atoms with van der Waals surface area (Å²) in [5.41, 5.74) is 3.93. The number of anilines is 1. The van der Waals surface area contributed by atoms with Crippen LogP contribution < -0.4 is 10.9 Å². The number of allylic oxidation sites excluding steroid dienone is 1. The summed E-state index contributed by atoms with van der Waals surface area (Å²) in [6.45, 7) is 0. The summed E-state index contributed by atoms with van der Waals surface area (Å²) < 4.78 is 38.3. The fourth-order valence-electron chi connectivity index (χ4n) is 1.16. The van der Waals surface area contributed by atoms with Gasteiger partial charge in [0.2, 0.25) is 0 Å².